The highest BCUT2D eigenvalue weighted by Gasteiger charge is 2.31. The standard InChI is InChI=1S/C15H21FN2O3/c1-18(9-14(19)11-3-4-11)15(20)17-8-10-5-12(16)7-13(6-10)21-2/h5-7,11,14,19H,3-4,8-9H2,1-2H3,(H,17,20). The second kappa shape index (κ2) is 6.76. The highest BCUT2D eigenvalue weighted by Crippen LogP contribution is 2.32. The van der Waals surface area contributed by atoms with Gasteiger partial charge < -0.3 is 20.1 Å². The molecule has 0 aliphatic heterocycles. The van der Waals surface area contributed by atoms with Gasteiger partial charge in [0.1, 0.15) is 11.6 Å². The summed E-state index contributed by atoms with van der Waals surface area (Å²) in [5.41, 5.74) is 0.622. The monoisotopic (exact) mass is 296 g/mol. The summed E-state index contributed by atoms with van der Waals surface area (Å²) in [5, 5.41) is 12.5. The Morgan fingerprint density at radius 1 is 1.52 bits per heavy atom. The van der Waals surface area contributed by atoms with Gasteiger partial charge in [0.2, 0.25) is 0 Å². The number of hydrogen-bond donors (Lipinski definition) is 2. The summed E-state index contributed by atoms with van der Waals surface area (Å²) in [4.78, 5) is 13.4. The van der Waals surface area contributed by atoms with Gasteiger partial charge in [0.25, 0.3) is 0 Å². The largest absolute Gasteiger partial charge is 0.497 e. The molecule has 0 radical (unpaired) electrons. The molecule has 0 spiro atoms. The number of nitrogens with one attached hydrogen (secondary N) is 1. The zero-order valence-electron chi connectivity index (χ0n) is 12.3. The van der Waals surface area contributed by atoms with Gasteiger partial charge in [-0.25, -0.2) is 9.18 Å². The molecule has 1 aromatic carbocycles. The average Bonchev–Trinajstić information content (AvgIpc) is 3.28. The molecule has 1 fully saturated rings. The second-order valence-electron chi connectivity index (χ2n) is 5.44. The van der Waals surface area contributed by atoms with Crippen LogP contribution >= 0.6 is 0 Å². The molecule has 0 aromatic heterocycles. The maximum Gasteiger partial charge on any atom is 0.317 e. The Kier molecular flexibility index (Phi) is 5.01. The maximum absolute atomic E-state index is 13.3. The van der Waals surface area contributed by atoms with Crippen molar-refractivity contribution in [3.05, 3.63) is 29.6 Å². The van der Waals surface area contributed by atoms with Crippen LogP contribution in [0.15, 0.2) is 18.2 Å². The number of likely N-dealkylation sites (N-methyl/N-ethyl adjacent to an activating group) is 1. The van der Waals surface area contributed by atoms with Crippen molar-refractivity contribution in [2.24, 2.45) is 5.92 Å². The van der Waals surface area contributed by atoms with Crippen LogP contribution in [0.5, 0.6) is 5.75 Å². The fourth-order valence-electron chi connectivity index (χ4n) is 2.15. The van der Waals surface area contributed by atoms with Gasteiger partial charge in [0, 0.05) is 26.2 Å². The number of ether oxygens (including phenoxy) is 1. The topological polar surface area (TPSA) is 61.8 Å². The van der Waals surface area contributed by atoms with Crippen LogP contribution in [0.1, 0.15) is 18.4 Å². The van der Waals surface area contributed by atoms with Crippen molar-refractivity contribution in [3.8, 4) is 5.75 Å². The molecule has 0 bridgehead atoms. The maximum atomic E-state index is 13.3. The number of amides is 2. The smallest absolute Gasteiger partial charge is 0.317 e. The Morgan fingerprint density at radius 2 is 2.24 bits per heavy atom. The van der Waals surface area contributed by atoms with E-state index in [0.717, 1.165) is 12.8 Å². The first-order valence-corrected chi connectivity index (χ1v) is 7.00. The van der Waals surface area contributed by atoms with Crippen LogP contribution in [-0.4, -0.2) is 42.8 Å². The Hall–Kier alpha value is -1.82. The molecule has 1 unspecified atom stereocenters. The van der Waals surface area contributed by atoms with E-state index in [4.69, 9.17) is 4.74 Å². The van der Waals surface area contributed by atoms with Gasteiger partial charge in [-0.05, 0) is 36.5 Å². The van der Waals surface area contributed by atoms with E-state index < -0.39 is 11.9 Å². The Labute approximate surface area is 123 Å². The van der Waals surface area contributed by atoms with E-state index in [9.17, 15) is 14.3 Å². The quantitative estimate of drug-likeness (QED) is 0.840. The van der Waals surface area contributed by atoms with Gasteiger partial charge in [0.15, 0.2) is 0 Å². The van der Waals surface area contributed by atoms with Crippen molar-refractivity contribution in [2.75, 3.05) is 20.7 Å². The molecule has 2 rings (SSSR count). The first-order valence-electron chi connectivity index (χ1n) is 7.00. The summed E-state index contributed by atoms with van der Waals surface area (Å²) < 4.78 is 18.3. The fourth-order valence-corrected chi connectivity index (χ4v) is 2.15. The molecular formula is C15H21FN2O3. The molecule has 1 aromatic rings. The Bertz CT molecular complexity index is 506. The number of nitrogens with zero attached hydrogens (tertiary/aromatic N) is 1. The van der Waals surface area contributed by atoms with Crippen LogP contribution in [0.3, 0.4) is 0 Å². The molecule has 0 heterocycles. The van der Waals surface area contributed by atoms with Crippen LogP contribution in [0.4, 0.5) is 9.18 Å². The molecule has 116 valence electrons. The van der Waals surface area contributed by atoms with E-state index in [0.29, 0.717) is 23.8 Å². The van der Waals surface area contributed by atoms with Crippen LogP contribution in [-0.2, 0) is 6.54 Å². The van der Waals surface area contributed by atoms with Gasteiger partial charge >= 0.3 is 6.03 Å². The molecule has 1 atom stereocenters. The fraction of sp³-hybridized carbons (Fsp3) is 0.533. The van der Waals surface area contributed by atoms with E-state index in [-0.39, 0.29) is 12.6 Å². The summed E-state index contributed by atoms with van der Waals surface area (Å²) in [6.45, 7) is 0.514. The summed E-state index contributed by atoms with van der Waals surface area (Å²) >= 11 is 0. The predicted molar refractivity (Wildman–Crippen MR) is 76.5 cm³/mol. The van der Waals surface area contributed by atoms with Gasteiger partial charge in [-0.2, -0.15) is 0 Å². The molecule has 1 saturated carbocycles. The summed E-state index contributed by atoms with van der Waals surface area (Å²) in [6.07, 6.45) is 1.59. The highest BCUT2D eigenvalue weighted by atomic mass is 19.1. The van der Waals surface area contributed by atoms with Crippen molar-refractivity contribution in [3.63, 3.8) is 0 Å². The van der Waals surface area contributed by atoms with Gasteiger partial charge in [-0.3, -0.25) is 0 Å². The number of methoxy groups -OCH3 is 1. The molecule has 1 aliphatic carbocycles. The number of urea groups is 1. The number of carbonyl (C=O) groups excluding carboxylic acids is 1. The van der Waals surface area contributed by atoms with E-state index in [2.05, 4.69) is 5.32 Å². The molecular weight excluding hydrogens is 275 g/mol. The number of aliphatic hydroxyl groups excluding tert-OH is 1. The molecule has 21 heavy (non-hydrogen) atoms. The second-order valence-corrected chi connectivity index (χ2v) is 5.44. The van der Waals surface area contributed by atoms with Crippen LogP contribution in [0, 0.1) is 11.7 Å². The molecule has 1 aliphatic rings. The zero-order valence-corrected chi connectivity index (χ0v) is 12.3. The first kappa shape index (κ1) is 15.6. The molecule has 2 N–H and O–H groups in total. The zero-order chi connectivity index (χ0) is 15.4. The average molecular weight is 296 g/mol. The van der Waals surface area contributed by atoms with Crippen molar-refractivity contribution >= 4 is 6.03 Å². The number of rotatable bonds is 6. The lowest BCUT2D eigenvalue weighted by Crippen LogP contribution is -2.41. The number of halogens is 1. The molecule has 5 nitrogen and oxygen atoms in total. The first-order chi connectivity index (χ1) is 9.99. The van der Waals surface area contributed by atoms with Crippen LogP contribution < -0.4 is 10.1 Å². The number of aliphatic hydroxyl groups is 1. The summed E-state index contributed by atoms with van der Waals surface area (Å²) in [6, 6.07) is 4.01. The third-order valence-corrected chi connectivity index (χ3v) is 3.58. The van der Waals surface area contributed by atoms with Gasteiger partial charge in [0.05, 0.1) is 13.2 Å². The van der Waals surface area contributed by atoms with Gasteiger partial charge in [-0.15, -0.1) is 0 Å². The molecule has 2 amide bonds. The molecule has 6 heteroatoms. The lowest BCUT2D eigenvalue weighted by molar-refractivity contribution is 0.113. The minimum atomic E-state index is -0.463. The van der Waals surface area contributed by atoms with Crippen LogP contribution in [0.2, 0.25) is 0 Å². The number of carbonyl (C=O) groups is 1. The summed E-state index contributed by atoms with van der Waals surface area (Å²) in [5.74, 6) is 0.334. The minimum Gasteiger partial charge on any atom is -0.497 e. The van der Waals surface area contributed by atoms with Gasteiger partial charge in [-0.1, -0.05) is 0 Å². The minimum absolute atomic E-state index is 0.205. The number of hydrogen-bond acceptors (Lipinski definition) is 3. The third-order valence-electron chi connectivity index (χ3n) is 3.58. The normalized spacial score (nSPS) is 15.4. The van der Waals surface area contributed by atoms with Crippen molar-refractivity contribution in [1.82, 2.24) is 10.2 Å². The Morgan fingerprint density at radius 3 is 2.86 bits per heavy atom. The summed E-state index contributed by atoms with van der Waals surface area (Å²) in [7, 11) is 3.09. The Balaban J connectivity index is 1.83. The van der Waals surface area contributed by atoms with Crippen molar-refractivity contribution in [2.45, 2.75) is 25.5 Å². The SMILES string of the molecule is COc1cc(F)cc(CNC(=O)N(C)CC(O)C2CC2)c1. The third kappa shape index (κ3) is 4.60. The highest BCUT2D eigenvalue weighted by molar-refractivity contribution is 5.73. The van der Waals surface area contributed by atoms with E-state index in [1.54, 1.807) is 13.1 Å². The van der Waals surface area contributed by atoms with Crippen molar-refractivity contribution < 1.29 is 19.0 Å². The van der Waals surface area contributed by atoms with Crippen LogP contribution in [0.25, 0.3) is 0 Å². The number of benzene rings is 1. The van der Waals surface area contributed by atoms with E-state index >= 15 is 0 Å². The lowest BCUT2D eigenvalue weighted by atomic mass is 10.2. The van der Waals surface area contributed by atoms with Crippen molar-refractivity contribution in [1.29, 1.82) is 0 Å². The lowest BCUT2D eigenvalue weighted by Gasteiger charge is -2.21. The van der Waals surface area contributed by atoms with E-state index in [1.165, 1.54) is 24.1 Å². The predicted octanol–water partition coefficient (Wildman–Crippen LogP) is 1.75. The molecule has 0 saturated heterocycles. The van der Waals surface area contributed by atoms with E-state index in [1.807, 2.05) is 0 Å².